The van der Waals surface area contributed by atoms with E-state index in [0.29, 0.717) is 23.7 Å². The molecule has 0 aliphatic carbocycles. The Hall–Kier alpha value is -3.13. The van der Waals surface area contributed by atoms with E-state index >= 15 is 0 Å². The average Bonchev–Trinajstić information content (AvgIpc) is 2.65. The van der Waals surface area contributed by atoms with Crippen molar-refractivity contribution in [1.82, 2.24) is 9.78 Å². The zero-order valence-electron chi connectivity index (χ0n) is 14.9. The van der Waals surface area contributed by atoms with Gasteiger partial charge < -0.3 is 4.74 Å². The smallest absolute Gasteiger partial charge is 0.266 e. The number of hydrogen-bond donors (Lipinski definition) is 1. The lowest BCUT2D eigenvalue weighted by Gasteiger charge is -2.10. The quantitative estimate of drug-likeness (QED) is 0.704. The van der Waals surface area contributed by atoms with Crippen LogP contribution < -0.4 is 15.0 Å². The summed E-state index contributed by atoms with van der Waals surface area (Å²) in [5, 5.41) is 4.17. The van der Waals surface area contributed by atoms with Gasteiger partial charge in [0.1, 0.15) is 5.75 Å². The van der Waals surface area contributed by atoms with Crippen LogP contribution in [0.15, 0.2) is 70.4 Å². The van der Waals surface area contributed by atoms with Crippen molar-refractivity contribution in [2.75, 3.05) is 11.3 Å². The van der Waals surface area contributed by atoms with Crippen LogP contribution in [0.4, 0.5) is 5.69 Å². The number of rotatable bonds is 6. The van der Waals surface area contributed by atoms with Gasteiger partial charge in [0.25, 0.3) is 15.6 Å². The number of nitrogens with zero attached hydrogens (tertiary/aromatic N) is 2. The van der Waals surface area contributed by atoms with Crippen LogP contribution >= 0.6 is 0 Å². The van der Waals surface area contributed by atoms with Crippen molar-refractivity contribution in [2.45, 2.75) is 11.8 Å². The molecule has 140 valence electrons. The van der Waals surface area contributed by atoms with Gasteiger partial charge in [-0.05, 0) is 49.4 Å². The summed E-state index contributed by atoms with van der Waals surface area (Å²) in [7, 11) is -2.13. The van der Waals surface area contributed by atoms with E-state index in [1.807, 2.05) is 6.92 Å². The molecule has 0 aliphatic rings. The van der Waals surface area contributed by atoms with E-state index in [-0.39, 0.29) is 10.5 Å². The van der Waals surface area contributed by atoms with Crippen molar-refractivity contribution in [3.05, 3.63) is 71.0 Å². The predicted molar refractivity (Wildman–Crippen MR) is 103 cm³/mol. The Morgan fingerprint density at radius 2 is 1.67 bits per heavy atom. The van der Waals surface area contributed by atoms with E-state index in [1.165, 1.54) is 22.9 Å². The van der Waals surface area contributed by atoms with E-state index in [4.69, 9.17) is 4.74 Å². The fourth-order valence-corrected chi connectivity index (χ4v) is 3.52. The number of sulfonamides is 1. The molecule has 0 amide bonds. The van der Waals surface area contributed by atoms with E-state index in [2.05, 4.69) is 9.82 Å². The first kappa shape index (κ1) is 18.7. The summed E-state index contributed by atoms with van der Waals surface area (Å²) in [4.78, 5) is 11.6. The van der Waals surface area contributed by atoms with Gasteiger partial charge in [-0.25, -0.2) is 13.1 Å². The second-order valence-electron chi connectivity index (χ2n) is 5.77. The lowest BCUT2D eigenvalue weighted by molar-refractivity contribution is 0.340. The van der Waals surface area contributed by atoms with E-state index < -0.39 is 10.0 Å². The standard InChI is InChI=1S/C19H19N3O4S/c1-3-26-16-8-10-17(11-9-16)27(24,25)21-15-6-4-14(5-7-15)18-12-13-19(23)22(2)20-18/h4-13,21H,3H2,1-2H3. The maximum absolute atomic E-state index is 12.5. The summed E-state index contributed by atoms with van der Waals surface area (Å²) in [5.74, 6) is 0.616. The first-order valence-corrected chi connectivity index (χ1v) is 9.78. The largest absolute Gasteiger partial charge is 0.494 e. The van der Waals surface area contributed by atoms with Gasteiger partial charge in [0, 0.05) is 24.4 Å². The molecule has 0 saturated carbocycles. The molecule has 8 heteroatoms. The number of anilines is 1. The highest BCUT2D eigenvalue weighted by Crippen LogP contribution is 2.22. The highest BCUT2D eigenvalue weighted by atomic mass is 32.2. The molecule has 0 fully saturated rings. The van der Waals surface area contributed by atoms with Crippen molar-refractivity contribution >= 4 is 15.7 Å². The van der Waals surface area contributed by atoms with Crippen LogP contribution in [-0.2, 0) is 17.1 Å². The predicted octanol–water partition coefficient (Wildman–Crippen LogP) is 2.65. The van der Waals surface area contributed by atoms with E-state index in [1.54, 1.807) is 49.5 Å². The SMILES string of the molecule is CCOc1ccc(S(=O)(=O)Nc2ccc(-c3ccc(=O)n(C)n3)cc2)cc1. The molecule has 0 unspecified atom stereocenters. The fraction of sp³-hybridized carbons (Fsp3) is 0.158. The number of hydrogen-bond acceptors (Lipinski definition) is 5. The Morgan fingerprint density at radius 3 is 2.26 bits per heavy atom. The number of aromatic nitrogens is 2. The van der Waals surface area contributed by atoms with Gasteiger partial charge in [-0.2, -0.15) is 5.10 Å². The number of aryl methyl sites for hydroxylation is 1. The van der Waals surface area contributed by atoms with Gasteiger partial charge in [0.05, 0.1) is 17.2 Å². The molecular formula is C19H19N3O4S. The van der Waals surface area contributed by atoms with Gasteiger partial charge in [-0.3, -0.25) is 9.52 Å². The molecule has 3 aromatic rings. The molecule has 0 atom stereocenters. The summed E-state index contributed by atoms with van der Waals surface area (Å²) >= 11 is 0. The van der Waals surface area contributed by atoms with E-state index in [0.717, 1.165) is 5.56 Å². The van der Waals surface area contributed by atoms with Gasteiger partial charge in [0.2, 0.25) is 0 Å². The minimum Gasteiger partial charge on any atom is -0.494 e. The summed E-state index contributed by atoms with van der Waals surface area (Å²) in [6, 6.07) is 16.1. The van der Waals surface area contributed by atoms with Crippen LogP contribution in [0.25, 0.3) is 11.3 Å². The minimum absolute atomic E-state index is 0.148. The molecule has 0 spiro atoms. The molecule has 1 N–H and O–H groups in total. The molecule has 1 aromatic heterocycles. The number of nitrogens with one attached hydrogen (secondary N) is 1. The van der Waals surface area contributed by atoms with Crippen molar-refractivity contribution in [3.8, 4) is 17.0 Å². The lowest BCUT2D eigenvalue weighted by atomic mass is 10.1. The first-order chi connectivity index (χ1) is 12.9. The Morgan fingerprint density at radius 1 is 1.00 bits per heavy atom. The molecule has 27 heavy (non-hydrogen) atoms. The van der Waals surface area contributed by atoms with Gasteiger partial charge in [-0.15, -0.1) is 0 Å². The highest BCUT2D eigenvalue weighted by Gasteiger charge is 2.14. The fourth-order valence-electron chi connectivity index (χ4n) is 2.46. The second-order valence-corrected chi connectivity index (χ2v) is 7.45. The zero-order chi connectivity index (χ0) is 19.4. The van der Waals surface area contributed by atoms with Crippen molar-refractivity contribution in [3.63, 3.8) is 0 Å². The molecule has 3 rings (SSSR count). The summed E-state index contributed by atoms with van der Waals surface area (Å²) in [5.41, 5.74) is 1.63. The Balaban J connectivity index is 1.78. The van der Waals surface area contributed by atoms with Crippen LogP contribution in [-0.4, -0.2) is 24.8 Å². The Kier molecular flexibility index (Phi) is 5.27. The van der Waals surface area contributed by atoms with Gasteiger partial charge in [-0.1, -0.05) is 12.1 Å². The van der Waals surface area contributed by atoms with E-state index in [9.17, 15) is 13.2 Å². The third kappa shape index (κ3) is 4.35. The van der Waals surface area contributed by atoms with Crippen molar-refractivity contribution in [1.29, 1.82) is 0 Å². The van der Waals surface area contributed by atoms with Crippen LogP contribution in [0.1, 0.15) is 6.92 Å². The Bertz CT molecular complexity index is 1090. The maximum Gasteiger partial charge on any atom is 0.266 e. The monoisotopic (exact) mass is 385 g/mol. The van der Waals surface area contributed by atoms with Crippen molar-refractivity contribution < 1.29 is 13.2 Å². The molecule has 0 bridgehead atoms. The number of benzene rings is 2. The molecule has 0 saturated heterocycles. The minimum atomic E-state index is -3.70. The molecule has 0 radical (unpaired) electrons. The lowest BCUT2D eigenvalue weighted by Crippen LogP contribution is -2.18. The van der Waals surface area contributed by atoms with Crippen LogP contribution in [0.2, 0.25) is 0 Å². The van der Waals surface area contributed by atoms with Gasteiger partial charge in [0.15, 0.2) is 0 Å². The van der Waals surface area contributed by atoms with Crippen molar-refractivity contribution in [2.24, 2.45) is 7.05 Å². The number of ether oxygens (including phenoxy) is 1. The van der Waals surface area contributed by atoms with Gasteiger partial charge >= 0.3 is 0 Å². The first-order valence-electron chi connectivity index (χ1n) is 8.29. The molecule has 2 aromatic carbocycles. The third-order valence-corrected chi connectivity index (χ3v) is 5.24. The maximum atomic E-state index is 12.5. The van der Waals surface area contributed by atoms with Crippen LogP contribution in [0.5, 0.6) is 5.75 Å². The topological polar surface area (TPSA) is 90.3 Å². The summed E-state index contributed by atoms with van der Waals surface area (Å²) in [6.07, 6.45) is 0. The summed E-state index contributed by atoms with van der Waals surface area (Å²) in [6.45, 7) is 2.38. The molecular weight excluding hydrogens is 366 g/mol. The summed E-state index contributed by atoms with van der Waals surface area (Å²) < 4.78 is 34.1. The molecule has 0 aliphatic heterocycles. The zero-order valence-corrected chi connectivity index (χ0v) is 15.7. The average molecular weight is 385 g/mol. The molecule has 1 heterocycles. The second kappa shape index (κ2) is 7.63. The normalized spacial score (nSPS) is 11.2. The molecule has 7 nitrogen and oxygen atoms in total. The van der Waals surface area contributed by atoms with Crippen LogP contribution in [0.3, 0.4) is 0 Å². The van der Waals surface area contributed by atoms with Crippen LogP contribution in [0, 0.1) is 0 Å². The Labute approximate surface area is 157 Å². The third-order valence-electron chi connectivity index (χ3n) is 3.84. The highest BCUT2D eigenvalue weighted by molar-refractivity contribution is 7.92.